The molecule has 7 heteroatoms. The van der Waals surface area contributed by atoms with Gasteiger partial charge < -0.3 is 20.3 Å². The maximum Gasteiger partial charge on any atom is 0.255 e. The topological polar surface area (TPSA) is 75.9 Å². The molecule has 3 aliphatic rings. The zero-order chi connectivity index (χ0) is 25.1. The summed E-state index contributed by atoms with van der Waals surface area (Å²) in [6.07, 6.45) is 5.93. The molecule has 5 rings (SSSR count). The lowest BCUT2D eigenvalue weighted by atomic mass is 9.81. The predicted molar refractivity (Wildman–Crippen MR) is 137 cm³/mol. The summed E-state index contributed by atoms with van der Waals surface area (Å²) in [7, 11) is 0. The van der Waals surface area contributed by atoms with Crippen LogP contribution in [-0.2, 0) is 4.79 Å². The molecule has 0 unspecified atom stereocenters. The first kappa shape index (κ1) is 24.8. The summed E-state index contributed by atoms with van der Waals surface area (Å²) in [6, 6.07) is 14.8. The van der Waals surface area contributed by atoms with E-state index in [-0.39, 0.29) is 5.91 Å². The number of rotatable bonds is 8. The maximum atomic E-state index is 14.4. The number of carbonyl (C=O) groups excluding carboxylic acids is 2. The minimum atomic E-state index is -0.938. The average Bonchev–Trinajstić information content (AvgIpc) is 3.38. The van der Waals surface area contributed by atoms with Gasteiger partial charge in [0.1, 0.15) is 17.5 Å². The molecule has 0 radical (unpaired) electrons. The Hall–Kier alpha value is -2.93. The van der Waals surface area contributed by atoms with Gasteiger partial charge in [-0.25, -0.2) is 4.39 Å². The van der Waals surface area contributed by atoms with E-state index in [4.69, 9.17) is 10.5 Å². The Bertz CT molecular complexity index is 1080. The zero-order valence-electron chi connectivity index (χ0n) is 20.8. The van der Waals surface area contributed by atoms with E-state index in [2.05, 4.69) is 4.90 Å². The number of benzene rings is 2. The van der Waals surface area contributed by atoms with E-state index >= 15 is 0 Å². The van der Waals surface area contributed by atoms with Crippen molar-refractivity contribution in [3.05, 3.63) is 54.1 Å². The number of likely N-dealkylation sites (tertiary alicyclic amines) is 2. The highest BCUT2D eigenvalue weighted by molar-refractivity contribution is 6.03. The number of amides is 2. The van der Waals surface area contributed by atoms with Crippen molar-refractivity contribution in [2.24, 2.45) is 11.7 Å². The molecular weight excluding hydrogens is 457 g/mol. The summed E-state index contributed by atoms with van der Waals surface area (Å²) in [4.78, 5) is 29.0. The first-order valence-corrected chi connectivity index (χ1v) is 13.3. The molecule has 0 aromatic heterocycles. The third-order valence-corrected chi connectivity index (χ3v) is 8.11. The van der Waals surface area contributed by atoms with Crippen LogP contribution in [0.1, 0.15) is 55.3 Å². The van der Waals surface area contributed by atoms with Gasteiger partial charge in [0.25, 0.3) is 5.91 Å². The monoisotopic (exact) mass is 493 g/mol. The number of primary amides is 1. The Labute approximate surface area is 212 Å². The van der Waals surface area contributed by atoms with Gasteiger partial charge in [0.15, 0.2) is 0 Å². The van der Waals surface area contributed by atoms with Crippen molar-refractivity contribution in [2.75, 3.05) is 32.8 Å². The van der Waals surface area contributed by atoms with Crippen LogP contribution in [0.25, 0.3) is 11.1 Å². The summed E-state index contributed by atoms with van der Waals surface area (Å²) in [5, 5.41) is 0. The van der Waals surface area contributed by atoms with Gasteiger partial charge in [0.05, 0.1) is 6.61 Å². The molecule has 2 heterocycles. The van der Waals surface area contributed by atoms with E-state index in [1.165, 1.54) is 0 Å². The molecule has 192 valence electrons. The normalized spacial score (nSPS) is 22.2. The van der Waals surface area contributed by atoms with Crippen LogP contribution in [0.2, 0.25) is 0 Å². The smallest absolute Gasteiger partial charge is 0.255 e. The van der Waals surface area contributed by atoms with Crippen LogP contribution in [-0.4, -0.2) is 66.1 Å². The van der Waals surface area contributed by atoms with E-state index in [9.17, 15) is 14.0 Å². The van der Waals surface area contributed by atoms with E-state index in [0.29, 0.717) is 37.6 Å². The first-order valence-electron chi connectivity index (χ1n) is 13.3. The number of hydrogen-bond donors (Lipinski definition) is 1. The van der Waals surface area contributed by atoms with E-state index in [1.807, 2.05) is 42.5 Å². The van der Waals surface area contributed by atoms with Crippen LogP contribution in [0.3, 0.4) is 0 Å². The van der Waals surface area contributed by atoms with Gasteiger partial charge in [0, 0.05) is 18.7 Å². The highest BCUT2D eigenvalue weighted by atomic mass is 19.1. The number of nitrogens with zero attached hydrogens (tertiary/aromatic N) is 2. The fourth-order valence-corrected chi connectivity index (χ4v) is 5.76. The molecule has 2 amide bonds. The lowest BCUT2D eigenvalue weighted by molar-refractivity contribution is -0.121. The van der Waals surface area contributed by atoms with Gasteiger partial charge in [-0.3, -0.25) is 9.59 Å². The Morgan fingerprint density at radius 1 is 0.972 bits per heavy atom. The Kier molecular flexibility index (Phi) is 7.28. The minimum absolute atomic E-state index is 0.158. The Morgan fingerprint density at radius 3 is 2.36 bits per heavy atom. The number of hydrogen-bond acceptors (Lipinski definition) is 4. The van der Waals surface area contributed by atoms with E-state index in [0.717, 1.165) is 68.5 Å². The lowest BCUT2D eigenvalue weighted by Crippen LogP contribution is -2.47. The molecule has 0 spiro atoms. The fraction of sp³-hybridized carbons (Fsp3) is 0.517. The molecule has 2 aromatic carbocycles. The number of nitrogens with two attached hydrogens (primary N) is 1. The minimum Gasteiger partial charge on any atom is -0.493 e. The number of ether oxygens (including phenoxy) is 1. The number of carbonyl (C=O) groups is 2. The summed E-state index contributed by atoms with van der Waals surface area (Å²) in [5.74, 6) is 0.676. The van der Waals surface area contributed by atoms with E-state index < -0.39 is 17.6 Å². The van der Waals surface area contributed by atoms with Gasteiger partial charge >= 0.3 is 0 Å². The van der Waals surface area contributed by atoms with Crippen molar-refractivity contribution >= 4 is 11.8 Å². The van der Waals surface area contributed by atoms with Gasteiger partial charge in [-0.05, 0) is 93.3 Å². The SMILES string of the molecule is NC(=O)[C@@H]1CCCN1C(=O)c1ccccc1-c1ccc(OCC2CCN(CC3(F)CCC3)CC2)cc1. The third kappa shape index (κ3) is 5.41. The van der Waals surface area contributed by atoms with Gasteiger partial charge in [-0.2, -0.15) is 0 Å². The fourth-order valence-electron chi connectivity index (χ4n) is 5.76. The Morgan fingerprint density at radius 2 is 1.69 bits per heavy atom. The second-order valence-electron chi connectivity index (χ2n) is 10.7. The van der Waals surface area contributed by atoms with Crippen LogP contribution in [0, 0.1) is 5.92 Å². The van der Waals surface area contributed by atoms with Crippen LogP contribution in [0.15, 0.2) is 48.5 Å². The standard InChI is InChI=1S/C29H36FN3O3/c30-29(14-4-15-29)20-32-17-12-21(13-18-32)19-36-23-10-8-22(9-11-23)24-5-1-2-6-25(24)28(35)33-16-3-7-26(33)27(31)34/h1-2,5-6,8-11,21,26H,3-4,7,12-20H2,(H2,31,34)/t26-/m0/s1. The second kappa shape index (κ2) is 10.6. The number of piperidine rings is 1. The summed E-state index contributed by atoms with van der Waals surface area (Å²) < 4.78 is 20.5. The average molecular weight is 494 g/mol. The summed E-state index contributed by atoms with van der Waals surface area (Å²) >= 11 is 0. The molecule has 36 heavy (non-hydrogen) atoms. The van der Waals surface area contributed by atoms with Crippen molar-refractivity contribution in [3.63, 3.8) is 0 Å². The molecule has 6 nitrogen and oxygen atoms in total. The van der Waals surface area contributed by atoms with Crippen molar-refractivity contribution in [2.45, 2.75) is 56.7 Å². The van der Waals surface area contributed by atoms with Crippen LogP contribution in [0.5, 0.6) is 5.75 Å². The van der Waals surface area contributed by atoms with Crippen LogP contribution >= 0.6 is 0 Å². The highest BCUT2D eigenvalue weighted by Crippen LogP contribution is 2.37. The largest absolute Gasteiger partial charge is 0.493 e. The molecule has 2 aliphatic heterocycles. The van der Waals surface area contributed by atoms with Crippen LogP contribution in [0.4, 0.5) is 4.39 Å². The molecule has 1 aliphatic carbocycles. The predicted octanol–water partition coefficient (Wildman–Crippen LogP) is 4.43. The van der Waals surface area contributed by atoms with Gasteiger partial charge in [-0.1, -0.05) is 30.3 Å². The first-order chi connectivity index (χ1) is 17.4. The zero-order valence-corrected chi connectivity index (χ0v) is 20.8. The molecule has 0 bridgehead atoms. The second-order valence-corrected chi connectivity index (χ2v) is 10.7. The molecule has 2 saturated heterocycles. The van der Waals surface area contributed by atoms with Crippen molar-refractivity contribution in [1.29, 1.82) is 0 Å². The molecule has 3 fully saturated rings. The lowest BCUT2D eigenvalue weighted by Gasteiger charge is -2.41. The molecule has 1 saturated carbocycles. The summed E-state index contributed by atoms with van der Waals surface area (Å²) in [6.45, 7) is 3.68. The molecule has 2 aromatic rings. The highest BCUT2D eigenvalue weighted by Gasteiger charge is 2.39. The molecular formula is C29H36FN3O3. The number of halogens is 1. The molecule has 2 N–H and O–H groups in total. The van der Waals surface area contributed by atoms with Gasteiger partial charge in [0.2, 0.25) is 5.91 Å². The van der Waals surface area contributed by atoms with Crippen molar-refractivity contribution in [3.8, 4) is 16.9 Å². The third-order valence-electron chi connectivity index (χ3n) is 8.11. The molecule has 1 atom stereocenters. The Balaban J connectivity index is 1.17. The quantitative estimate of drug-likeness (QED) is 0.591. The number of alkyl halides is 1. The van der Waals surface area contributed by atoms with Crippen molar-refractivity contribution < 1.29 is 18.7 Å². The van der Waals surface area contributed by atoms with Gasteiger partial charge in [-0.15, -0.1) is 0 Å². The van der Waals surface area contributed by atoms with Crippen LogP contribution < -0.4 is 10.5 Å². The van der Waals surface area contributed by atoms with Crippen molar-refractivity contribution in [1.82, 2.24) is 9.80 Å². The maximum absolute atomic E-state index is 14.4. The summed E-state index contributed by atoms with van der Waals surface area (Å²) in [5.41, 5.74) is 6.91. The van der Waals surface area contributed by atoms with E-state index in [1.54, 1.807) is 11.0 Å².